The van der Waals surface area contributed by atoms with Gasteiger partial charge in [0.15, 0.2) is 0 Å². The molecule has 1 heterocycles. The number of nitrogens with zero attached hydrogens (tertiary/aromatic N) is 1. The van der Waals surface area contributed by atoms with Gasteiger partial charge in [0.05, 0.1) is 0 Å². The normalized spacial score (nSPS) is 8.43. The van der Waals surface area contributed by atoms with E-state index in [1.54, 1.807) is 32.6 Å². The summed E-state index contributed by atoms with van der Waals surface area (Å²) in [5.74, 6) is 0.681. The van der Waals surface area contributed by atoms with Gasteiger partial charge in [0.25, 0.3) is 0 Å². The number of hydrogen-bond acceptors (Lipinski definition) is 2. The van der Waals surface area contributed by atoms with Gasteiger partial charge in [0, 0.05) is 0 Å². The molecule has 3 heteroatoms. The van der Waals surface area contributed by atoms with Crippen LogP contribution in [-0.4, -0.2) is 0 Å². The van der Waals surface area contributed by atoms with Crippen LogP contribution in [0.5, 0.6) is 0 Å². The second-order valence-electron chi connectivity index (χ2n) is 1.06. The van der Waals surface area contributed by atoms with Crippen molar-refractivity contribution in [1.29, 1.82) is 0 Å². The van der Waals surface area contributed by atoms with E-state index in [-0.39, 0.29) is 0 Å². The first-order valence-corrected chi connectivity index (χ1v) is 2.54. The van der Waals surface area contributed by atoms with Crippen LogP contribution in [0.4, 0.5) is 5.88 Å². The monoisotopic (exact) mass is 129 g/mol. The molecule has 0 saturated carbocycles. The maximum absolute atomic E-state index is 4.82. The molecule has 0 saturated heterocycles. The molecule has 0 aliphatic rings. The Morgan fingerprint density at radius 2 is 2.57 bits per heavy atom. The number of furan rings is 1. The van der Waals surface area contributed by atoms with Gasteiger partial charge in [-0.25, -0.2) is 0 Å². The third-order valence-corrected chi connectivity index (χ3v) is 0.960. The number of hydrogen-bond donors (Lipinski definition) is 0. The zero-order valence-corrected chi connectivity index (χ0v) is 5.15. The van der Waals surface area contributed by atoms with E-state index in [9.17, 15) is 0 Å². The Labute approximate surface area is 52.8 Å². The van der Waals surface area contributed by atoms with Crippen molar-refractivity contribution in [3.63, 3.8) is 0 Å². The van der Waals surface area contributed by atoms with Crippen molar-refractivity contribution < 1.29 is 24.7 Å². The summed E-state index contributed by atoms with van der Waals surface area (Å²) >= 11 is 1.69. The average molecular weight is 129 g/mol. The average Bonchev–Trinajstić information content (AvgIpc) is 2.14. The summed E-state index contributed by atoms with van der Waals surface area (Å²) in [5.41, 5.74) is 0. The molecule has 0 aliphatic heterocycles. The Balaban J connectivity index is 2.96. The molecule has 0 radical (unpaired) electrons. The van der Waals surface area contributed by atoms with Crippen LogP contribution in [0.2, 0.25) is 0 Å². The van der Waals surface area contributed by atoms with E-state index in [4.69, 9.17) is 4.42 Å². The molecule has 0 fully saturated rings. The summed E-state index contributed by atoms with van der Waals surface area (Å²) in [6.45, 7) is 0. The predicted octanol–water partition coefficient (Wildman–Crippen LogP) is 1.64. The van der Waals surface area contributed by atoms with E-state index in [0.29, 0.717) is 5.88 Å². The molecule has 7 heavy (non-hydrogen) atoms. The molecule has 0 spiro atoms. The summed E-state index contributed by atoms with van der Waals surface area (Å²) in [5, 5.41) is 0. The maximum atomic E-state index is 4.82. The molecule has 2 nitrogen and oxygen atoms in total. The van der Waals surface area contributed by atoms with E-state index >= 15 is 0 Å². The SMILES string of the molecule is [Ti]=[N]c1ccco1. The summed E-state index contributed by atoms with van der Waals surface area (Å²) in [6, 6.07) is 3.61. The second kappa shape index (κ2) is 2.19. The molecule has 0 aromatic carbocycles. The minimum atomic E-state index is 0.681. The van der Waals surface area contributed by atoms with Gasteiger partial charge in [0.1, 0.15) is 0 Å². The summed E-state index contributed by atoms with van der Waals surface area (Å²) in [4.78, 5) is 0. The topological polar surface area (TPSA) is 25.5 Å². The Kier molecular flexibility index (Phi) is 1.55. The van der Waals surface area contributed by atoms with Crippen molar-refractivity contribution in [2.24, 2.45) is 3.42 Å². The Hall–Kier alpha value is -0.206. The van der Waals surface area contributed by atoms with Crippen LogP contribution in [0, 0.1) is 0 Å². The molecule has 0 aliphatic carbocycles. The Morgan fingerprint density at radius 1 is 1.71 bits per heavy atom. The van der Waals surface area contributed by atoms with Crippen molar-refractivity contribution in [3.05, 3.63) is 18.4 Å². The van der Waals surface area contributed by atoms with Gasteiger partial charge in [-0.1, -0.05) is 0 Å². The fraction of sp³-hybridized carbons (Fsp3) is 0. The standard InChI is InChI=1S/C4H3NO.Ti/c5-4-2-1-3-6-4;/h1-3H;. The van der Waals surface area contributed by atoms with Crippen LogP contribution in [0.1, 0.15) is 0 Å². The third-order valence-electron chi connectivity index (χ3n) is 0.616. The molecule has 0 atom stereocenters. The van der Waals surface area contributed by atoms with Crippen LogP contribution in [0.3, 0.4) is 0 Å². The van der Waals surface area contributed by atoms with Gasteiger partial charge in [-0.15, -0.1) is 0 Å². The molecule has 0 unspecified atom stereocenters. The van der Waals surface area contributed by atoms with Crippen LogP contribution in [0.25, 0.3) is 0 Å². The van der Waals surface area contributed by atoms with Crippen LogP contribution in [-0.2, 0) is 20.3 Å². The molecular weight excluding hydrogens is 126 g/mol. The van der Waals surface area contributed by atoms with Gasteiger partial charge in [0.2, 0.25) is 0 Å². The molecule has 1 aromatic heterocycles. The first kappa shape index (κ1) is 4.94. The van der Waals surface area contributed by atoms with E-state index in [1.165, 1.54) is 0 Å². The van der Waals surface area contributed by atoms with Crippen molar-refractivity contribution in [2.45, 2.75) is 0 Å². The van der Waals surface area contributed by atoms with Gasteiger partial charge in [-0.05, 0) is 0 Å². The Morgan fingerprint density at radius 3 is 2.86 bits per heavy atom. The van der Waals surface area contributed by atoms with Gasteiger partial charge < -0.3 is 0 Å². The van der Waals surface area contributed by atoms with E-state index in [2.05, 4.69) is 3.42 Å². The molecule has 0 bridgehead atoms. The number of rotatable bonds is 1. The summed E-state index contributed by atoms with van der Waals surface area (Å²) in [7, 11) is 0. The fourth-order valence-electron chi connectivity index (χ4n) is 0.334. The van der Waals surface area contributed by atoms with Crippen molar-refractivity contribution in [1.82, 2.24) is 0 Å². The minimum absolute atomic E-state index is 0.681. The zero-order valence-electron chi connectivity index (χ0n) is 3.59. The third kappa shape index (κ3) is 1.08. The van der Waals surface area contributed by atoms with Crippen LogP contribution < -0.4 is 0 Å². The molecule has 0 N–H and O–H groups in total. The molecule has 34 valence electrons. The van der Waals surface area contributed by atoms with Gasteiger partial charge in [-0.2, -0.15) is 0 Å². The molecule has 0 amide bonds. The zero-order chi connectivity index (χ0) is 5.11. The molecule has 1 aromatic rings. The van der Waals surface area contributed by atoms with Gasteiger partial charge >= 0.3 is 52.4 Å². The predicted molar refractivity (Wildman–Crippen MR) is 20.8 cm³/mol. The van der Waals surface area contributed by atoms with E-state index < -0.39 is 0 Å². The molecule has 1 rings (SSSR count). The van der Waals surface area contributed by atoms with Crippen molar-refractivity contribution >= 4 is 5.88 Å². The fourth-order valence-corrected chi connectivity index (χ4v) is 0.532. The van der Waals surface area contributed by atoms with Crippen molar-refractivity contribution in [2.75, 3.05) is 0 Å². The first-order valence-electron chi connectivity index (χ1n) is 1.84. The van der Waals surface area contributed by atoms with Gasteiger partial charge in [-0.3, -0.25) is 0 Å². The summed E-state index contributed by atoms with van der Waals surface area (Å²) in [6.07, 6.45) is 1.60. The quantitative estimate of drug-likeness (QED) is 0.529. The second-order valence-corrected chi connectivity index (χ2v) is 1.41. The van der Waals surface area contributed by atoms with Crippen LogP contribution in [0.15, 0.2) is 26.2 Å². The van der Waals surface area contributed by atoms with E-state index in [0.717, 1.165) is 0 Å². The first-order chi connectivity index (χ1) is 3.43. The summed E-state index contributed by atoms with van der Waals surface area (Å²) < 4.78 is 8.58. The Bertz CT molecular complexity index is 147. The van der Waals surface area contributed by atoms with E-state index in [1.807, 2.05) is 6.07 Å². The molecular formula is C4H3NOTi. The van der Waals surface area contributed by atoms with Crippen molar-refractivity contribution in [3.8, 4) is 0 Å². The van der Waals surface area contributed by atoms with Crippen LogP contribution >= 0.6 is 0 Å².